The monoisotopic (exact) mass is 447 g/mol. The number of hydrogen-bond donors (Lipinski definition) is 1. The molecule has 1 aliphatic rings. The van der Waals surface area contributed by atoms with E-state index in [1.54, 1.807) is 49.5 Å². The number of nitrogens with one attached hydrogen (secondary N) is 1. The Balaban J connectivity index is 1.54. The van der Waals surface area contributed by atoms with E-state index in [9.17, 15) is 9.59 Å². The van der Waals surface area contributed by atoms with Gasteiger partial charge in [0, 0.05) is 42.0 Å². The minimum absolute atomic E-state index is 0.0130. The first kappa shape index (κ1) is 22.1. The van der Waals surface area contributed by atoms with Gasteiger partial charge in [-0.3, -0.25) is 4.79 Å². The van der Waals surface area contributed by atoms with Crippen LogP contribution in [0.5, 0.6) is 0 Å². The van der Waals surface area contributed by atoms with Crippen molar-refractivity contribution in [3.05, 3.63) is 63.8 Å². The first-order valence-electron chi connectivity index (χ1n) is 9.78. The number of esters is 1. The number of likely N-dealkylation sites (tertiary alicyclic amines) is 1. The molecule has 6 nitrogen and oxygen atoms in total. The molecule has 0 spiro atoms. The molecule has 8 heteroatoms. The Morgan fingerprint density at radius 2 is 1.93 bits per heavy atom. The van der Waals surface area contributed by atoms with Crippen LogP contribution in [0, 0.1) is 0 Å². The third kappa shape index (κ3) is 5.97. The summed E-state index contributed by atoms with van der Waals surface area (Å²) in [6.07, 6.45) is 6.19. The van der Waals surface area contributed by atoms with Gasteiger partial charge < -0.3 is 15.0 Å². The summed E-state index contributed by atoms with van der Waals surface area (Å²) in [5, 5.41) is 4.44. The smallest absolute Gasteiger partial charge is 0.330 e. The number of aromatic nitrogens is 1. The topological polar surface area (TPSA) is 71.5 Å². The standard InChI is InChI=1S/C22H23Cl2N3O3/c1-2-30-20(28)8-3-15-13-19(24)21(25-14-15)26-18-9-11-27(12-10-18)22(29)16-4-6-17(23)7-5-16/h3-8,13-14,18H,2,9-12H2,1H3,(H,25,26)/b8-3+. The lowest BCUT2D eigenvalue weighted by Gasteiger charge is -2.33. The molecule has 2 aromatic rings. The summed E-state index contributed by atoms with van der Waals surface area (Å²) in [4.78, 5) is 30.2. The Bertz CT molecular complexity index is 924. The van der Waals surface area contributed by atoms with Crippen LogP contribution in [-0.4, -0.2) is 47.5 Å². The summed E-state index contributed by atoms with van der Waals surface area (Å²) in [6.45, 7) is 3.38. The van der Waals surface area contributed by atoms with Crippen molar-refractivity contribution in [1.82, 2.24) is 9.88 Å². The number of carbonyl (C=O) groups excluding carboxylic acids is 2. The molecule has 1 saturated heterocycles. The average Bonchev–Trinajstić information content (AvgIpc) is 2.75. The quantitative estimate of drug-likeness (QED) is 0.513. The van der Waals surface area contributed by atoms with Crippen LogP contribution in [0.4, 0.5) is 5.82 Å². The number of benzene rings is 1. The molecule has 0 bridgehead atoms. The first-order chi connectivity index (χ1) is 14.5. The number of anilines is 1. The van der Waals surface area contributed by atoms with Crippen LogP contribution in [0.1, 0.15) is 35.7 Å². The van der Waals surface area contributed by atoms with E-state index < -0.39 is 5.97 Å². The summed E-state index contributed by atoms with van der Waals surface area (Å²) in [5.41, 5.74) is 1.35. The van der Waals surface area contributed by atoms with Gasteiger partial charge in [-0.15, -0.1) is 0 Å². The minimum atomic E-state index is -0.407. The molecule has 1 N–H and O–H groups in total. The fourth-order valence-electron chi connectivity index (χ4n) is 3.20. The van der Waals surface area contributed by atoms with E-state index in [2.05, 4.69) is 10.3 Å². The largest absolute Gasteiger partial charge is 0.463 e. The molecule has 0 unspecified atom stereocenters. The van der Waals surface area contributed by atoms with Crippen LogP contribution in [0.15, 0.2) is 42.6 Å². The van der Waals surface area contributed by atoms with Crippen LogP contribution in [0.2, 0.25) is 10.0 Å². The van der Waals surface area contributed by atoms with Crippen molar-refractivity contribution in [3.8, 4) is 0 Å². The number of rotatable bonds is 6. The van der Waals surface area contributed by atoms with E-state index >= 15 is 0 Å². The maximum atomic E-state index is 12.6. The SMILES string of the molecule is CCOC(=O)/C=C/c1cnc(NC2CCN(C(=O)c3ccc(Cl)cc3)CC2)c(Cl)c1. The van der Waals surface area contributed by atoms with Gasteiger partial charge in [-0.2, -0.15) is 0 Å². The van der Waals surface area contributed by atoms with Crippen LogP contribution < -0.4 is 5.32 Å². The number of ether oxygens (including phenoxy) is 1. The lowest BCUT2D eigenvalue weighted by Crippen LogP contribution is -2.42. The Morgan fingerprint density at radius 1 is 1.23 bits per heavy atom. The molecule has 1 fully saturated rings. The lowest BCUT2D eigenvalue weighted by atomic mass is 10.0. The fraction of sp³-hybridized carbons (Fsp3) is 0.318. The molecular formula is C22H23Cl2N3O3. The Labute approximate surface area is 185 Å². The molecule has 3 rings (SSSR count). The number of piperidine rings is 1. The molecular weight excluding hydrogens is 425 g/mol. The summed E-state index contributed by atoms with van der Waals surface area (Å²) >= 11 is 12.2. The third-order valence-electron chi connectivity index (χ3n) is 4.77. The molecule has 158 valence electrons. The zero-order chi connectivity index (χ0) is 21.5. The molecule has 2 heterocycles. The predicted molar refractivity (Wildman–Crippen MR) is 119 cm³/mol. The normalized spacial score (nSPS) is 14.7. The van der Waals surface area contributed by atoms with Crippen molar-refractivity contribution in [3.63, 3.8) is 0 Å². The molecule has 1 aliphatic heterocycles. The van der Waals surface area contributed by atoms with Crippen molar-refractivity contribution >= 4 is 47.0 Å². The molecule has 30 heavy (non-hydrogen) atoms. The summed E-state index contributed by atoms with van der Waals surface area (Å²) < 4.78 is 4.85. The van der Waals surface area contributed by atoms with Crippen LogP contribution in [-0.2, 0) is 9.53 Å². The lowest BCUT2D eigenvalue weighted by molar-refractivity contribution is -0.137. The molecule has 0 radical (unpaired) electrons. The van der Waals surface area contributed by atoms with Crippen LogP contribution in [0.3, 0.4) is 0 Å². The van der Waals surface area contributed by atoms with Gasteiger partial charge in [0.15, 0.2) is 0 Å². The molecule has 0 atom stereocenters. The zero-order valence-electron chi connectivity index (χ0n) is 16.6. The van der Waals surface area contributed by atoms with Crippen molar-refractivity contribution in [2.45, 2.75) is 25.8 Å². The first-order valence-corrected chi connectivity index (χ1v) is 10.5. The van der Waals surface area contributed by atoms with E-state index in [1.165, 1.54) is 6.08 Å². The van der Waals surface area contributed by atoms with Crippen molar-refractivity contribution in [1.29, 1.82) is 0 Å². The average molecular weight is 448 g/mol. The zero-order valence-corrected chi connectivity index (χ0v) is 18.1. The van der Waals surface area contributed by atoms with Crippen LogP contribution >= 0.6 is 23.2 Å². The predicted octanol–water partition coefficient (Wildman–Crippen LogP) is 4.68. The van der Waals surface area contributed by atoms with E-state index in [4.69, 9.17) is 27.9 Å². The second kappa shape index (κ2) is 10.5. The molecule has 1 aromatic carbocycles. The van der Waals surface area contributed by atoms with Crippen molar-refractivity contribution < 1.29 is 14.3 Å². The molecule has 0 aliphatic carbocycles. The van der Waals surface area contributed by atoms with E-state index in [1.807, 2.05) is 4.90 Å². The number of amides is 1. The summed E-state index contributed by atoms with van der Waals surface area (Å²) in [5.74, 6) is 0.196. The van der Waals surface area contributed by atoms with Crippen LogP contribution in [0.25, 0.3) is 6.08 Å². The van der Waals surface area contributed by atoms with Gasteiger partial charge in [0.25, 0.3) is 5.91 Å². The number of nitrogens with zero attached hydrogens (tertiary/aromatic N) is 2. The highest BCUT2D eigenvalue weighted by Crippen LogP contribution is 2.24. The Hall–Kier alpha value is -2.57. The minimum Gasteiger partial charge on any atom is -0.463 e. The maximum Gasteiger partial charge on any atom is 0.330 e. The number of carbonyl (C=O) groups is 2. The van der Waals surface area contributed by atoms with E-state index in [-0.39, 0.29) is 11.9 Å². The number of hydrogen-bond acceptors (Lipinski definition) is 5. The van der Waals surface area contributed by atoms with Crippen molar-refractivity contribution in [2.24, 2.45) is 0 Å². The van der Waals surface area contributed by atoms with Gasteiger partial charge in [0.1, 0.15) is 5.82 Å². The van der Waals surface area contributed by atoms with Gasteiger partial charge in [-0.1, -0.05) is 23.2 Å². The highest BCUT2D eigenvalue weighted by molar-refractivity contribution is 6.33. The van der Waals surface area contributed by atoms with Gasteiger partial charge >= 0.3 is 5.97 Å². The second-order valence-electron chi connectivity index (χ2n) is 6.90. The molecule has 1 amide bonds. The van der Waals surface area contributed by atoms with Gasteiger partial charge in [-0.05, 0) is 61.7 Å². The summed E-state index contributed by atoms with van der Waals surface area (Å²) in [7, 11) is 0. The van der Waals surface area contributed by atoms with Gasteiger partial charge in [0.05, 0.1) is 11.6 Å². The highest BCUT2D eigenvalue weighted by atomic mass is 35.5. The molecule has 1 aromatic heterocycles. The number of pyridine rings is 1. The summed E-state index contributed by atoms with van der Waals surface area (Å²) in [6, 6.07) is 8.86. The Kier molecular flexibility index (Phi) is 7.71. The van der Waals surface area contributed by atoms with Gasteiger partial charge in [0.2, 0.25) is 0 Å². The Morgan fingerprint density at radius 3 is 2.57 bits per heavy atom. The second-order valence-corrected chi connectivity index (χ2v) is 7.75. The third-order valence-corrected chi connectivity index (χ3v) is 5.32. The maximum absolute atomic E-state index is 12.6. The fourth-order valence-corrected chi connectivity index (χ4v) is 3.56. The number of halogens is 2. The van der Waals surface area contributed by atoms with Gasteiger partial charge in [-0.25, -0.2) is 9.78 Å². The van der Waals surface area contributed by atoms with Crippen molar-refractivity contribution in [2.75, 3.05) is 25.0 Å². The molecule has 0 saturated carbocycles. The highest BCUT2D eigenvalue weighted by Gasteiger charge is 2.24. The van der Waals surface area contributed by atoms with E-state index in [0.717, 1.165) is 12.8 Å². The van der Waals surface area contributed by atoms with E-state index in [0.29, 0.717) is 46.7 Å².